The summed E-state index contributed by atoms with van der Waals surface area (Å²) in [6.07, 6.45) is 1.20. The summed E-state index contributed by atoms with van der Waals surface area (Å²) in [5.41, 5.74) is 2.88. The van der Waals surface area contributed by atoms with Gasteiger partial charge in [0.1, 0.15) is 0 Å². The lowest BCUT2D eigenvalue weighted by Crippen LogP contribution is -2.30. The molecule has 3 atom stereocenters. The number of nitrogens with one attached hydrogen (secondary N) is 1. The number of hydrogen-bond acceptors (Lipinski definition) is 2. The molecule has 0 fully saturated rings. The maximum absolute atomic E-state index is 3.73. The second kappa shape index (κ2) is 7.77. The number of rotatable bonds is 7. The van der Waals surface area contributed by atoms with Gasteiger partial charge in [0.15, 0.2) is 0 Å². The fraction of sp³-hybridized carbons (Fsp3) is 0.474. The molecule has 3 unspecified atom stereocenters. The van der Waals surface area contributed by atoms with Crippen LogP contribution >= 0.6 is 11.3 Å². The number of hydrogen-bond donors (Lipinski definition) is 1. The standard InChI is InChI=1S/C19H27NS/c1-5-14(3)18(16-10-8-7-9-11-16)19(20-6-2)17-12-15(4)21-13-17/h7-14,18-20H,5-6H2,1-4H3. The first kappa shape index (κ1) is 16.3. The molecule has 0 spiro atoms. The maximum atomic E-state index is 3.73. The fourth-order valence-electron chi connectivity index (χ4n) is 3.08. The number of thiophene rings is 1. The molecule has 0 saturated heterocycles. The number of benzene rings is 1. The largest absolute Gasteiger partial charge is 0.310 e. The quantitative estimate of drug-likeness (QED) is 0.708. The highest BCUT2D eigenvalue weighted by Gasteiger charge is 2.28. The van der Waals surface area contributed by atoms with E-state index in [9.17, 15) is 0 Å². The molecular formula is C19H27NS. The molecule has 0 aliphatic carbocycles. The molecule has 2 rings (SSSR count). The van der Waals surface area contributed by atoms with E-state index in [4.69, 9.17) is 0 Å². The fourth-order valence-corrected chi connectivity index (χ4v) is 3.82. The number of likely N-dealkylation sites (N-methyl/N-ethyl adjacent to an activating group) is 1. The summed E-state index contributed by atoms with van der Waals surface area (Å²) in [4.78, 5) is 1.39. The summed E-state index contributed by atoms with van der Waals surface area (Å²) in [6, 6.07) is 13.7. The van der Waals surface area contributed by atoms with Gasteiger partial charge in [-0.3, -0.25) is 0 Å². The van der Waals surface area contributed by atoms with Crippen LogP contribution in [0.4, 0.5) is 0 Å². The van der Waals surface area contributed by atoms with E-state index in [0.29, 0.717) is 17.9 Å². The van der Waals surface area contributed by atoms with Crippen molar-refractivity contribution in [1.29, 1.82) is 0 Å². The SMILES string of the molecule is CCNC(c1csc(C)c1)C(c1ccccc1)C(C)CC. The van der Waals surface area contributed by atoms with E-state index < -0.39 is 0 Å². The van der Waals surface area contributed by atoms with Crippen LogP contribution in [0.3, 0.4) is 0 Å². The molecule has 0 amide bonds. The van der Waals surface area contributed by atoms with Gasteiger partial charge in [-0.2, -0.15) is 0 Å². The van der Waals surface area contributed by atoms with E-state index in [1.807, 2.05) is 11.3 Å². The minimum Gasteiger partial charge on any atom is -0.310 e. The van der Waals surface area contributed by atoms with Crippen LogP contribution in [-0.2, 0) is 0 Å². The van der Waals surface area contributed by atoms with Crippen molar-refractivity contribution < 1.29 is 0 Å². The lowest BCUT2D eigenvalue weighted by Gasteiger charge is -2.32. The topological polar surface area (TPSA) is 12.0 Å². The third-order valence-corrected chi connectivity index (χ3v) is 5.21. The van der Waals surface area contributed by atoms with Crippen molar-refractivity contribution in [2.24, 2.45) is 5.92 Å². The second-order valence-corrected chi connectivity index (χ2v) is 6.96. The van der Waals surface area contributed by atoms with Gasteiger partial charge >= 0.3 is 0 Å². The van der Waals surface area contributed by atoms with Gasteiger partial charge in [-0.1, -0.05) is 57.5 Å². The molecule has 2 aromatic rings. The van der Waals surface area contributed by atoms with Gasteiger partial charge in [0.25, 0.3) is 0 Å². The molecule has 1 heterocycles. The number of aryl methyl sites for hydroxylation is 1. The zero-order valence-corrected chi connectivity index (χ0v) is 14.4. The Morgan fingerprint density at radius 2 is 1.81 bits per heavy atom. The van der Waals surface area contributed by atoms with E-state index in [1.54, 1.807) is 0 Å². The molecular weight excluding hydrogens is 274 g/mol. The molecule has 0 radical (unpaired) electrons. The summed E-state index contributed by atoms with van der Waals surface area (Å²) in [6.45, 7) is 10.1. The molecule has 114 valence electrons. The van der Waals surface area contributed by atoms with Crippen LogP contribution in [0.5, 0.6) is 0 Å². The van der Waals surface area contributed by atoms with Crippen LogP contribution in [0.1, 0.15) is 55.2 Å². The average molecular weight is 301 g/mol. The Morgan fingerprint density at radius 3 is 2.33 bits per heavy atom. The Hall–Kier alpha value is -1.12. The summed E-state index contributed by atoms with van der Waals surface area (Å²) in [5.74, 6) is 1.17. The normalized spacial score (nSPS) is 15.6. The van der Waals surface area contributed by atoms with E-state index in [-0.39, 0.29) is 0 Å². The highest BCUT2D eigenvalue weighted by atomic mass is 32.1. The highest BCUT2D eigenvalue weighted by molar-refractivity contribution is 7.10. The molecule has 0 aliphatic rings. The van der Waals surface area contributed by atoms with Crippen molar-refractivity contribution in [3.63, 3.8) is 0 Å². The van der Waals surface area contributed by atoms with Crippen molar-refractivity contribution in [3.05, 3.63) is 57.8 Å². The van der Waals surface area contributed by atoms with E-state index in [1.165, 1.54) is 22.4 Å². The molecule has 0 aliphatic heterocycles. The lowest BCUT2D eigenvalue weighted by molar-refractivity contribution is 0.344. The minimum absolute atomic E-state index is 0.400. The van der Waals surface area contributed by atoms with Crippen LogP contribution in [0.25, 0.3) is 0 Å². The van der Waals surface area contributed by atoms with Gasteiger partial charge in [0.05, 0.1) is 0 Å². The zero-order valence-electron chi connectivity index (χ0n) is 13.6. The van der Waals surface area contributed by atoms with Gasteiger partial charge in [0.2, 0.25) is 0 Å². The Morgan fingerprint density at radius 1 is 1.10 bits per heavy atom. The molecule has 21 heavy (non-hydrogen) atoms. The monoisotopic (exact) mass is 301 g/mol. The molecule has 1 aromatic carbocycles. The average Bonchev–Trinajstić information content (AvgIpc) is 2.94. The minimum atomic E-state index is 0.400. The first-order chi connectivity index (χ1) is 10.2. The van der Waals surface area contributed by atoms with Crippen LogP contribution in [0.15, 0.2) is 41.8 Å². The van der Waals surface area contributed by atoms with Crippen LogP contribution in [0, 0.1) is 12.8 Å². The Balaban J connectivity index is 2.40. The van der Waals surface area contributed by atoms with Crippen molar-refractivity contribution in [3.8, 4) is 0 Å². The first-order valence-corrected chi connectivity index (χ1v) is 8.88. The van der Waals surface area contributed by atoms with E-state index in [0.717, 1.165) is 6.54 Å². The van der Waals surface area contributed by atoms with Gasteiger partial charge in [-0.25, -0.2) is 0 Å². The van der Waals surface area contributed by atoms with E-state index >= 15 is 0 Å². The summed E-state index contributed by atoms with van der Waals surface area (Å²) >= 11 is 1.85. The predicted molar refractivity (Wildman–Crippen MR) is 94.1 cm³/mol. The van der Waals surface area contributed by atoms with Crippen molar-refractivity contribution in [1.82, 2.24) is 5.32 Å². The van der Waals surface area contributed by atoms with Gasteiger partial charge < -0.3 is 5.32 Å². The third kappa shape index (κ3) is 3.96. The first-order valence-electron chi connectivity index (χ1n) is 8.00. The lowest BCUT2D eigenvalue weighted by atomic mass is 9.78. The van der Waals surface area contributed by atoms with Crippen LogP contribution in [-0.4, -0.2) is 6.54 Å². The summed E-state index contributed by atoms with van der Waals surface area (Å²) < 4.78 is 0. The zero-order chi connectivity index (χ0) is 15.2. The third-order valence-electron chi connectivity index (χ3n) is 4.33. The highest BCUT2D eigenvalue weighted by Crippen LogP contribution is 2.39. The summed E-state index contributed by atoms with van der Waals surface area (Å²) in [5, 5.41) is 6.05. The maximum Gasteiger partial charge on any atom is 0.0400 e. The second-order valence-electron chi connectivity index (χ2n) is 5.85. The van der Waals surface area contributed by atoms with Crippen LogP contribution < -0.4 is 5.32 Å². The van der Waals surface area contributed by atoms with Crippen molar-refractivity contribution in [2.45, 2.75) is 46.1 Å². The Kier molecular flexibility index (Phi) is 6.01. The molecule has 0 saturated carbocycles. The molecule has 2 heteroatoms. The summed E-state index contributed by atoms with van der Waals surface area (Å²) in [7, 11) is 0. The van der Waals surface area contributed by atoms with Gasteiger partial charge in [-0.15, -0.1) is 11.3 Å². The molecule has 1 N–H and O–H groups in total. The Labute approximate surface area is 133 Å². The Bertz CT molecular complexity index is 532. The van der Waals surface area contributed by atoms with Crippen molar-refractivity contribution in [2.75, 3.05) is 6.54 Å². The molecule has 0 bridgehead atoms. The molecule has 1 aromatic heterocycles. The van der Waals surface area contributed by atoms with E-state index in [2.05, 4.69) is 74.8 Å². The van der Waals surface area contributed by atoms with Crippen LogP contribution in [0.2, 0.25) is 0 Å². The van der Waals surface area contributed by atoms with Gasteiger partial charge in [0, 0.05) is 16.8 Å². The smallest absolute Gasteiger partial charge is 0.0400 e. The predicted octanol–water partition coefficient (Wildman–Crippen LogP) is 5.54. The van der Waals surface area contributed by atoms with Gasteiger partial charge in [-0.05, 0) is 42.0 Å². The molecule has 1 nitrogen and oxygen atoms in total. The van der Waals surface area contributed by atoms with Crippen molar-refractivity contribution >= 4 is 11.3 Å².